The molecule has 1 unspecified atom stereocenters. The highest BCUT2D eigenvalue weighted by atomic mass is 16.6. The molecule has 23 heavy (non-hydrogen) atoms. The fraction of sp³-hybridized carbons (Fsp3) is 0.750. The molecule has 0 saturated carbocycles. The number of ether oxygens (including phenoxy) is 3. The number of methoxy groups -OCH3 is 2. The lowest BCUT2D eigenvalue weighted by Crippen LogP contribution is -2.57. The van der Waals surface area contributed by atoms with E-state index < -0.39 is 37.0 Å². The van der Waals surface area contributed by atoms with Gasteiger partial charge in [-0.15, -0.1) is 0 Å². The molecule has 3 aliphatic heterocycles. The van der Waals surface area contributed by atoms with Gasteiger partial charge < -0.3 is 34.4 Å². The Bertz CT molecular complexity index is 580. The second-order valence-corrected chi connectivity index (χ2v) is 5.28. The molecule has 5 N–H and O–H groups in total. The van der Waals surface area contributed by atoms with Crippen molar-refractivity contribution >= 4 is 17.6 Å². The van der Waals surface area contributed by atoms with E-state index in [-0.39, 0.29) is 24.2 Å². The normalized spacial score (nSPS) is 39.7. The number of nitrogens with two attached hydrogens (primary N) is 1. The summed E-state index contributed by atoms with van der Waals surface area (Å²) in [4.78, 5) is 14.0. The van der Waals surface area contributed by atoms with Gasteiger partial charge in [0.15, 0.2) is 17.8 Å². The van der Waals surface area contributed by atoms with Gasteiger partial charge in [0, 0.05) is 7.11 Å². The van der Waals surface area contributed by atoms with Crippen molar-refractivity contribution in [2.75, 3.05) is 27.5 Å². The van der Waals surface area contributed by atoms with Crippen LogP contribution in [0.5, 0.6) is 0 Å². The van der Waals surface area contributed by atoms with Gasteiger partial charge in [0.1, 0.15) is 25.0 Å². The zero-order valence-electron chi connectivity index (χ0n) is 12.7. The SMILES string of the molecule is COC1=NC(N)(OC)C2=NCN([C@@H]3O[C@H](CO)[C@@H](O)[C@H]3O)C2=N1. The van der Waals surface area contributed by atoms with Crippen molar-refractivity contribution < 1.29 is 29.5 Å². The van der Waals surface area contributed by atoms with E-state index in [0.29, 0.717) is 0 Å². The summed E-state index contributed by atoms with van der Waals surface area (Å²) in [5, 5.41) is 29.3. The highest BCUT2D eigenvalue weighted by molar-refractivity contribution is 6.47. The Morgan fingerprint density at radius 2 is 2.13 bits per heavy atom. The van der Waals surface area contributed by atoms with Crippen LogP contribution in [0.1, 0.15) is 0 Å². The van der Waals surface area contributed by atoms with Crippen LogP contribution in [0.2, 0.25) is 0 Å². The molecule has 11 nitrogen and oxygen atoms in total. The highest BCUT2D eigenvalue weighted by Gasteiger charge is 2.51. The van der Waals surface area contributed by atoms with E-state index in [0.717, 1.165) is 0 Å². The molecule has 0 radical (unpaired) electrons. The molecule has 0 bridgehead atoms. The molecule has 5 atom stereocenters. The van der Waals surface area contributed by atoms with Crippen molar-refractivity contribution in [2.45, 2.75) is 30.4 Å². The van der Waals surface area contributed by atoms with Crippen molar-refractivity contribution in [3.63, 3.8) is 0 Å². The maximum absolute atomic E-state index is 10.2. The monoisotopic (exact) mass is 329 g/mol. The molecule has 0 amide bonds. The Morgan fingerprint density at radius 3 is 2.70 bits per heavy atom. The van der Waals surface area contributed by atoms with Crippen LogP contribution in [0.25, 0.3) is 0 Å². The fourth-order valence-electron chi connectivity index (χ4n) is 2.69. The molecule has 3 rings (SSSR count). The van der Waals surface area contributed by atoms with E-state index in [9.17, 15) is 15.3 Å². The predicted molar refractivity (Wildman–Crippen MR) is 77.7 cm³/mol. The van der Waals surface area contributed by atoms with Crippen molar-refractivity contribution in [1.82, 2.24) is 4.90 Å². The van der Waals surface area contributed by atoms with Crippen molar-refractivity contribution in [2.24, 2.45) is 20.7 Å². The summed E-state index contributed by atoms with van der Waals surface area (Å²) in [7, 11) is 2.75. The first-order valence-corrected chi connectivity index (χ1v) is 6.96. The third kappa shape index (κ3) is 2.41. The van der Waals surface area contributed by atoms with E-state index >= 15 is 0 Å². The molecule has 1 fully saturated rings. The molecule has 1 saturated heterocycles. The summed E-state index contributed by atoms with van der Waals surface area (Å²) in [5.41, 5.74) is 6.33. The minimum Gasteiger partial charge on any atom is -0.467 e. The molecule has 0 aromatic rings. The first-order chi connectivity index (χ1) is 10.9. The standard InChI is InChI=1S/C12H19N5O6/c1-21-11-15-9-8(12(13,16-11)22-2)14-4-17(9)10-7(20)6(19)5(3-18)23-10/h5-7,10,18-20H,3-4,13H2,1-2H3/t5-,6-,7-,10-,12?/m1/s1. The van der Waals surface area contributed by atoms with Gasteiger partial charge in [0.2, 0.25) is 0 Å². The Balaban J connectivity index is 1.91. The Labute approximate surface area is 131 Å². The van der Waals surface area contributed by atoms with Gasteiger partial charge >= 0.3 is 6.02 Å². The van der Waals surface area contributed by atoms with Gasteiger partial charge in [-0.2, -0.15) is 9.98 Å². The largest absolute Gasteiger partial charge is 0.467 e. The van der Waals surface area contributed by atoms with Crippen LogP contribution in [0.3, 0.4) is 0 Å². The van der Waals surface area contributed by atoms with Crippen LogP contribution in [0.4, 0.5) is 0 Å². The Kier molecular flexibility index (Phi) is 4.08. The van der Waals surface area contributed by atoms with Gasteiger partial charge in [-0.1, -0.05) is 0 Å². The maximum Gasteiger partial charge on any atom is 0.317 e. The number of amidine groups is 2. The summed E-state index contributed by atoms with van der Waals surface area (Å²) in [6, 6.07) is -0.0121. The lowest BCUT2D eigenvalue weighted by Gasteiger charge is -2.32. The van der Waals surface area contributed by atoms with E-state index in [4.69, 9.17) is 19.9 Å². The summed E-state index contributed by atoms with van der Waals surface area (Å²) in [5.74, 6) is -1.29. The smallest absolute Gasteiger partial charge is 0.317 e. The van der Waals surface area contributed by atoms with E-state index in [1.165, 1.54) is 19.1 Å². The molecular formula is C12H19N5O6. The first-order valence-electron chi connectivity index (χ1n) is 6.96. The van der Waals surface area contributed by atoms with Crippen LogP contribution in [0.15, 0.2) is 15.0 Å². The van der Waals surface area contributed by atoms with Crippen LogP contribution in [-0.4, -0.2) is 95.7 Å². The van der Waals surface area contributed by atoms with Gasteiger partial charge in [-0.3, -0.25) is 10.7 Å². The van der Waals surface area contributed by atoms with Gasteiger partial charge in [-0.25, -0.2) is 0 Å². The number of aliphatic hydroxyl groups excluding tert-OH is 3. The Hall–Kier alpha value is -1.63. The zero-order chi connectivity index (χ0) is 16.8. The van der Waals surface area contributed by atoms with Crippen molar-refractivity contribution in [3.05, 3.63) is 0 Å². The molecule has 11 heteroatoms. The second-order valence-electron chi connectivity index (χ2n) is 5.28. The van der Waals surface area contributed by atoms with Crippen LogP contribution < -0.4 is 5.73 Å². The van der Waals surface area contributed by atoms with Gasteiger partial charge in [-0.05, 0) is 0 Å². The maximum atomic E-state index is 10.2. The van der Waals surface area contributed by atoms with E-state index in [1.54, 1.807) is 0 Å². The number of aliphatic imine (C=N–C) groups is 3. The third-order valence-corrected chi connectivity index (χ3v) is 3.99. The van der Waals surface area contributed by atoms with Crippen LogP contribution >= 0.6 is 0 Å². The third-order valence-electron chi connectivity index (χ3n) is 3.99. The minimum atomic E-state index is -1.56. The van der Waals surface area contributed by atoms with Crippen molar-refractivity contribution in [3.8, 4) is 0 Å². The molecule has 0 aliphatic carbocycles. The van der Waals surface area contributed by atoms with Crippen LogP contribution in [-0.2, 0) is 14.2 Å². The molecule has 0 spiro atoms. The number of rotatable bonds is 3. The van der Waals surface area contributed by atoms with Gasteiger partial charge in [0.25, 0.3) is 5.85 Å². The molecule has 0 aromatic carbocycles. The summed E-state index contributed by atoms with van der Waals surface area (Å²) in [6.45, 7) is -0.345. The Morgan fingerprint density at radius 1 is 1.39 bits per heavy atom. The first kappa shape index (κ1) is 16.2. The average Bonchev–Trinajstić information content (AvgIpc) is 3.10. The van der Waals surface area contributed by atoms with Gasteiger partial charge in [0.05, 0.1) is 13.7 Å². The highest BCUT2D eigenvalue weighted by Crippen LogP contribution is 2.29. The minimum absolute atomic E-state index is 0.0121. The second kappa shape index (κ2) is 5.78. The predicted octanol–water partition coefficient (Wildman–Crippen LogP) is -3.19. The topological polar surface area (TPSA) is 155 Å². The molecule has 128 valence electrons. The number of hydrogen-bond donors (Lipinski definition) is 4. The molecule has 3 heterocycles. The lowest BCUT2D eigenvalue weighted by atomic mass is 10.1. The van der Waals surface area contributed by atoms with Crippen LogP contribution in [0, 0.1) is 0 Å². The summed E-state index contributed by atoms with van der Waals surface area (Å²) in [6.07, 6.45) is -4.31. The number of fused-ring (bicyclic) bond motifs is 1. The lowest BCUT2D eigenvalue weighted by molar-refractivity contribution is -0.0689. The van der Waals surface area contributed by atoms with Crippen molar-refractivity contribution in [1.29, 1.82) is 0 Å². The zero-order valence-corrected chi connectivity index (χ0v) is 12.7. The van der Waals surface area contributed by atoms with E-state index in [1.807, 2.05) is 0 Å². The quantitative estimate of drug-likeness (QED) is 0.395. The molecule has 3 aliphatic rings. The van der Waals surface area contributed by atoms with E-state index in [2.05, 4.69) is 15.0 Å². The fourth-order valence-corrected chi connectivity index (χ4v) is 2.69. The number of nitrogens with zero attached hydrogens (tertiary/aromatic N) is 4. The summed E-state index contributed by atoms with van der Waals surface area (Å²) >= 11 is 0. The summed E-state index contributed by atoms with van der Waals surface area (Å²) < 4.78 is 15.7. The molecule has 0 aromatic heterocycles. The number of aliphatic hydroxyl groups is 3. The number of hydrogen-bond acceptors (Lipinski definition) is 11. The average molecular weight is 329 g/mol. The molecular weight excluding hydrogens is 310 g/mol.